The summed E-state index contributed by atoms with van der Waals surface area (Å²) in [6.07, 6.45) is 12.4. The van der Waals surface area contributed by atoms with Crippen LogP contribution in [0.1, 0.15) is 99.4 Å². The molecule has 1 aliphatic rings. The van der Waals surface area contributed by atoms with Gasteiger partial charge in [-0.3, -0.25) is 0 Å². The first-order valence-electron chi connectivity index (χ1n) is 25.8. The molecule has 0 nitrogen and oxygen atoms in total. The molecule has 9 aromatic rings. The van der Waals surface area contributed by atoms with E-state index < -0.39 is 8.07 Å². The molecule has 0 saturated heterocycles. The van der Waals surface area contributed by atoms with E-state index in [1.165, 1.54) is 92.6 Å². The van der Waals surface area contributed by atoms with Crippen molar-refractivity contribution < 1.29 is 57.7 Å². The molecule has 0 N–H and O–H groups in total. The summed E-state index contributed by atoms with van der Waals surface area (Å²) in [7, 11) is -3.23. The Morgan fingerprint density at radius 1 is 0.338 bits per heavy atom. The molecule has 368 valence electrons. The fraction of sp³-hybridized carbons (Fsp3) is 0.159. The Labute approximate surface area is 472 Å². The molecule has 0 saturated carbocycles. The predicted molar refractivity (Wildman–Crippen MR) is 299 cm³/mol. The van der Waals surface area contributed by atoms with Crippen LogP contribution in [0.3, 0.4) is 0 Å². The van der Waals surface area contributed by atoms with Crippen LogP contribution in [-0.4, -0.2) is 8.07 Å². The molecule has 0 radical (unpaired) electrons. The first-order chi connectivity index (χ1) is 35.0. The maximum absolute atomic E-state index is 3.23. The van der Waals surface area contributed by atoms with Crippen molar-refractivity contribution in [2.45, 2.75) is 71.1 Å². The summed E-state index contributed by atoms with van der Waals surface area (Å²) in [6, 6.07) is 90.3. The van der Waals surface area contributed by atoms with Gasteiger partial charge >= 0.3 is 439 Å². The van der Waals surface area contributed by atoms with Gasteiger partial charge in [0.15, 0.2) is 0 Å². The SMILES string of the molecule is CCCCC1=[C]([Ti+3])CC=C1[Si](c1cc(Cc2ccccc2)cc(Cc2ccccc2)c1)(c1cc(Cc2ccccc2)cc(Cc2ccccc2)c1)c1cc(Cc2ccccc2)cc(Cc2ccccc2)c1.[Cl-].[Cl-].[Cl-]. The van der Waals surface area contributed by atoms with Gasteiger partial charge in [0.2, 0.25) is 0 Å². The smallest absolute Gasteiger partial charge is 1.00 e. The molecule has 0 aliphatic heterocycles. The van der Waals surface area contributed by atoms with Crippen LogP contribution >= 0.6 is 0 Å². The Bertz CT molecular complexity index is 2760. The topological polar surface area (TPSA) is 0 Å². The molecular weight excluding hydrogens is 1010 g/mol. The quantitative estimate of drug-likeness (QED) is 0.0735. The first kappa shape index (κ1) is 56.0. The zero-order valence-corrected chi connectivity index (χ0v) is 47.1. The Balaban J connectivity index is 0.00000267. The molecule has 0 atom stereocenters. The molecule has 9 aromatic carbocycles. The number of hydrogen-bond donors (Lipinski definition) is 0. The predicted octanol–water partition coefficient (Wildman–Crippen LogP) is 5.57. The molecule has 5 heteroatoms. The molecule has 0 bridgehead atoms. The van der Waals surface area contributed by atoms with E-state index in [0.29, 0.717) is 0 Å². The summed E-state index contributed by atoms with van der Waals surface area (Å²) in [4.78, 5) is 0. The van der Waals surface area contributed by atoms with Gasteiger partial charge in [0, 0.05) is 0 Å². The van der Waals surface area contributed by atoms with Gasteiger partial charge in [-0.2, -0.15) is 0 Å². The van der Waals surface area contributed by atoms with Crippen molar-refractivity contribution in [3.8, 4) is 0 Å². The van der Waals surface area contributed by atoms with Gasteiger partial charge in [-0.05, 0) is 0 Å². The average molecular weight is 1070 g/mol. The third-order valence-corrected chi connectivity index (χ3v) is 19.9. The van der Waals surface area contributed by atoms with Gasteiger partial charge in [-0.15, -0.1) is 0 Å². The maximum atomic E-state index is 2.70. The van der Waals surface area contributed by atoms with Gasteiger partial charge in [0.25, 0.3) is 0 Å². The summed E-state index contributed by atoms with van der Waals surface area (Å²) in [5, 5.41) is 6.04. The van der Waals surface area contributed by atoms with Crippen LogP contribution in [0.15, 0.2) is 257 Å². The Morgan fingerprint density at radius 2 is 0.581 bits per heavy atom. The Kier molecular flexibility index (Phi) is 20.6. The number of benzene rings is 9. The number of halogens is 3. The van der Waals surface area contributed by atoms with E-state index in [-0.39, 0.29) is 37.2 Å². The summed E-state index contributed by atoms with van der Waals surface area (Å²) in [5.41, 5.74) is 17.9. The van der Waals surface area contributed by atoms with E-state index in [9.17, 15) is 0 Å². The van der Waals surface area contributed by atoms with Crippen molar-refractivity contribution in [2.24, 2.45) is 0 Å². The van der Waals surface area contributed by atoms with Crippen molar-refractivity contribution in [1.29, 1.82) is 0 Å². The summed E-state index contributed by atoms with van der Waals surface area (Å²) >= 11 is 2.43. The van der Waals surface area contributed by atoms with Crippen molar-refractivity contribution in [3.63, 3.8) is 0 Å². The fourth-order valence-electron chi connectivity index (χ4n) is 11.1. The minimum absolute atomic E-state index is 0. The van der Waals surface area contributed by atoms with Gasteiger partial charge in [0.05, 0.1) is 0 Å². The second-order valence-electron chi connectivity index (χ2n) is 19.7. The van der Waals surface area contributed by atoms with Gasteiger partial charge < -0.3 is 37.2 Å². The second-order valence-corrected chi connectivity index (χ2v) is 24.4. The van der Waals surface area contributed by atoms with Crippen LogP contribution < -0.4 is 52.8 Å². The molecular formula is C69H63Cl3SiTi. The number of hydrogen-bond acceptors (Lipinski definition) is 0. The van der Waals surface area contributed by atoms with Crippen LogP contribution in [0.4, 0.5) is 0 Å². The zero-order chi connectivity index (χ0) is 48.2. The number of allylic oxidation sites excluding steroid dienone is 4. The average Bonchev–Trinajstić information content (AvgIpc) is 3.76. The van der Waals surface area contributed by atoms with Crippen molar-refractivity contribution in [3.05, 3.63) is 324 Å². The monoisotopic (exact) mass is 1070 g/mol. The Morgan fingerprint density at radius 3 is 0.811 bits per heavy atom. The van der Waals surface area contributed by atoms with Crippen LogP contribution in [0.25, 0.3) is 0 Å². The second kappa shape index (κ2) is 27.2. The minimum atomic E-state index is -3.23. The molecule has 0 spiro atoms. The summed E-state index contributed by atoms with van der Waals surface area (Å²) in [6.45, 7) is 2.35. The molecule has 10 rings (SSSR count). The van der Waals surface area contributed by atoms with Gasteiger partial charge in [0.1, 0.15) is 0 Å². The minimum Gasteiger partial charge on any atom is -1.00 e. The van der Waals surface area contributed by atoms with E-state index in [0.717, 1.165) is 57.8 Å². The largest absolute Gasteiger partial charge is 1.00 e. The van der Waals surface area contributed by atoms with Gasteiger partial charge in [-0.1, -0.05) is 0 Å². The first-order valence-corrected chi connectivity index (χ1v) is 28.5. The maximum Gasteiger partial charge on any atom is -1.00 e. The van der Waals surface area contributed by atoms with Crippen molar-refractivity contribution >= 4 is 23.6 Å². The van der Waals surface area contributed by atoms with E-state index in [2.05, 4.69) is 270 Å². The van der Waals surface area contributed by atoms with E-state index in [4.69, 9.17) is 0 Å². The van der Waals surface area contributed by atoms with Crippen molar-refractivity contribution in [2.75, 3.05) is 0 Å². The molecule has 1 aliphatic carbocycles. The normalized spacial score (nSPS) is 12.1. The standard InChI is InChI=1S/C69H63Si.3ClH.Ti/c1-2-3-35-65-36-22-37-69(65)70(66-47-59(38-53-23-10-4-11-24-53)44-60(48-66)39-54-25-12-5-13-26-54,67-49-61(40-55-27-14-6-15-28-55)45-62(50-67)41-56-29-16-7-17-30-56)68-51-63(42-57-31-18-8-19-32-57)46-64(52-68)43-58-33-20-9-21-34-58;;;;/h4-21,23-34,37,44-52H,2-3,22,35,38-43H2,1H3;3*1H;/q;;;;+3/p-3. The third kappa shape index (κ3) is 13.8. The van der Waals surface area contributed by atoms with Crippen LogP contribution in [0.2, 0.25) is 0 Å². The van der Waals surface area contributed by atoms with E-state index in [1.807, 2.05) is 0 Å². The number of unbranched alkanes of at least 4 members (excludes halogenated alkanes) is 1. The molecule has 0 fully saturated rings. The fourth-order valence-corrected chi connectivity index (χ4v) is 17.4. The summed E-state index contributed by atoms with van der Waals surface area (Å²) in [5.74, 6) is 0. The van der Waals surface area contributed by atoms with Crippen LogP contribution in [-0.2, 0) is 59.0 Å². The zero-order valence-electron chi connectivity index (χ0n) is 42.3. The molecule has 0 heterocycles. The van der Waals surface area contributed by atoms with Gasteiger partial charge in [-0.25, -0.2) is 0 Å². The van der Waals surface area contributed by atoms with E-state index >= 15 is 0 Å². The molecule has 0 aromatic heterocycles. The number of rotatable bonds is 19. The molecule has 74 heavy (non-hydrogen) atoms. The van der Waals surface area contributed by atoms with Crippen molar-refractivity contribution in [1.82, 2.24) is 0 Å². The van der Waals surface area contributed by atoms with E-state index in [1.54, 1.807) is 10.8 Å². The van der Waals surface area contributed by atoms with Crippen LogP contribution in [0.5, 0.6) is 0 Å². The summed E-state index contributed by atoms with van der Waals surface area (Å²) < 4.78 is 1.53. The molecule has 0 amide bonds. The molecule has 0 unspecified atom stereocenters. The Hall–Kier alpha value is -5.74. The van der Waals surface area contributed by atoms with Crippen LogP contribution in [0, 0.1) is 0 Å². The third-order valence-electron chi connectivity index (χ3n) is 14.3.